The molecule has 1 aromatic carbocycles. The lowest BCUT2D eigenvalue weighted by Crippen LogP contribution is -2.24. The second kappa shape index (κ2) is 11.8. The van der Waals surface area contributed by atoms with Crippen LogP contribution in [-0.2, 0) is 24.5 Å². The molecule has 0 saturated carbocycles. The van der Waals surface area contributed by atoms with Crippen LogP contribution in [-0.4, -0.2) is 31.8 Å². The van der Waals surface area contributed by atoms with E-state index >= 15 is 0 Å². The highest BCUT2D eigenvalue weighted by Gasteiger charge is 2.38. The molecule has 0 bridgehead atoms. The first-order chi connectivity index (χ1) is 16.3. The first kappa shape index (κ1) is 27.9. The summed E-state index contributed by atoms with van der Waals surface area (Å²) in [6, 6.07) is 4.91. The number of carboxylic acid groups (broad SMARTS) is 1. The number of aryl methyl sites for hydroxylation is 1. The van der Waals surface area contributed by atoms with Crippen LogP contribution in [0.5, 0.6) is 5.75 Å². The molecule has 0 amide bonds. The van der Waals surface area contributed by atoms with Crippen molar-refractivity contribution >= 4 is 21.9 Å². The molecule has 0 aliphatic heterocycles. The lowest BCUT2D eigenvalue weighted by atomic mass is 10.2. The van der Waals surface area contributed by atoms with Gasteiger partial charge in [0.25, 0.3) is 5.56 Å². The summed E-state index contributed by atoms with van der Waals surface area (Å²) in [5, 5.41) is 7.12. The Kier molecular flexibility index (Phi) is 9.42. The number of rotatable bonds is 6. The number of nitrogens with zero attached hydrogens (tertiary/aromatic N) is 3. The molecule has 0 unspecified atom stereocenters. The van der Waals surface area contributed by atoms with Crippen LogP contribution < -0.4 is 16.0 Å². The maximum atomic E-state index is 13.8. The van der Waals surface area contributed by atoms with E-state index in [9.17, 15) is 26.7 Å². The normalized spacial score (nSPS) is 11.0. The Morgan fingerprint density at radius 1 is 1.20 bits per heavy atom. The number of nitrogens with two attached hydrogens (primary N) is 1. The summed E-state index contributed by atoms with van der Waals surface area (Å²) >= 11 is 3.25. The smallest absolute Gasteiger partial charge is 0.487 e. The number of hydrogen-bond acceptors (Lipinski definition) is 6. The Balaban J connectivity index is 0.000000540. The van der Waals surface area contributed by atoms with Gasteiger partial charge in [-0.25, -0.2) is 23.5 Å². The van der Waals surface area contributed by atoms with Crippen LogP contribution in [0.4, 0.5) is 22.0 Å². The van der Waals surface area contributed by atoms with Gasteiger partial charge >= 0.3 is 12.1 Å². The molecule has 35 heavy (non-hydrogen) atoms. The van der Waals surface area contributed by atoms with E-state index < -0.39 is 23.8 Å². The fraction of sp³-hybridized carbons (Fsp3) is 0.238. The van der Waals surface area contributed by atoms with Crippen molar-refractivity contribution < 1.29 is 36.6 Å². The first-order valence-corrected chi connectivity index (χ1v) is 10.4. The van der Waals surface area contributed by atoms with E-state index in [0.29, 0.717) is 11.5 Å². The maximum absolute atomic E-state index is 13.8. The van der Waals surface area contributed by atoms with Crippen molar-refractivity contribution in [2.45, 2.75) is 32.8 Å². The summed E-state index contributed by atoms with van der Waals surface area (Å²) in [5.74, 6) is -3.33. The van der Waals surface area contributed by atoms with Crippen molar-refractivity contribution in [2.24, 2.45) is 5.73 Å². The molecule has 8 nitrogen and oxygen atoms in total. The number of benzene rings is 1. The largest absolute Gasteiger partial charge is 0.490 e. The van der Waals surface area contributed by atoms with Gasteiger partial charge in [0.05, 0.1) is 13.1 Å². The first-order valence-electron chi connectivity index (χ1n) is 9.60. The molecule has 3 N–H and O–H groups in total. The molecule has 0 spiro atoms. The van der Waals surface area contributed by atoms with E-state index in [1.54, 1.807) is 25.4 Å². The fourth-order valence-corrected chi connectivity index (χ4v) is 3.00. The van der Waals surface area contributed by atoms with Crippen LogP contribution in [0.15, 0.2) is 45.9 Å². The SMILES string of the molecule is Cc1cc(OCc2ccc(F)cc2F)c(Br)c(=O)n1Cc1cnc(CN)nc1.O=C(O)C(F)(F)F. The quantitative estimate of drug-likeness (QED) is 0.438. The monoisotopic (exact) mass is 564 g/mol. The topological polar surface area (TPSA) is 120 Å². The van der Waals surface area contributed by atoms with Crippen molar-refractivity contribution in [3.8, 4) is 5.75 Å². The third-order valence-electron chi connectivity index (χ3n) is 4.34. The Labute approximate surface area is 203 Å². The fourth-order valence-electron chi connectivity index (χ4n) is 2.56. The van der Waals surface area contributed by atoms with E-state index in [4.69, 9.17) is 20.4 Å². The van der Waals surface area contributed by atoms with E-state index in [0.717, 1.165) is 17.7 Å². The molecular weight excluding hydrogens is 547 g/mol. The number of carbonyl (C=O) groups is 1. The van der Waals surface area contributed by atoms with Crippen LogP contribution in [0.2, 0.25) is 0 Å². The zero-order chi connectivity index (χ0) is 26.3. The van der Waals surface area contributed by atoms with E-state index in [1.807, 2.05) is 0 Å². The third-order valence-corrected chi connectivity index (χ3v) is 5.07. The molecule has 0 saturated heterocycles. The highest BCUT2D eigenvalue weighted by molar-refractivity contribution is 9.10. The van der Waals surface area contributed by atoms with E-state index in [2.05, 4.69) is 25.9 Å². The van der Waals surface area contributed by atoms with Gasteiger partial charge in [-0.2, -0.15) is 13.2 Å². The molecule has 0 radical (unpaired) electrons. The van der Waals surface area contributed by atoms with Gasteiger partial charge in [-0.05, 0) is 35.0 Å². The van der Waals surface area contributed by atoms with Gasteiger partial charge < -0.3 is 20.1 Å². The molecule has 3 rings (SSSR count). The predicted octanol–water partition coefficient (Wildman–Crippen LogP) is 3.71. The van der Waals surface area contributed by atoms with Crippen LogP contribution in [0, 0.1) is 18.6 Å². The summed E-state index contributed by atoms with van der Waals surface area (Å²) in [6.45, 7) is 2.14. The van der Waals surface area contributed by atoms with Crippen molar-refractivity contribution in [1.82, 2.24) is 14.5 Å². The molecule has 188 valence electrons. The zero-order valence-electron chi connectivity index (χ0n) is 17.9. The standard InChI is InChI=1S/C19H17BrF2N4O2.C2HF3O2/c1-11-4-16(28-10-13-2-3-14(21)5-15(13)22)18(20)19(27)26(11)9-12-7-24-17(6-23)25-8-12;3-2(4,5)1(6)7/h2-5,7-8H,6,9-10,23H2,1H3;(H,6,7). The van der Waals surface area contributed by atoms with Crippen molar-refractivity contribution in [1.29, 1.82) is 0 Å². The van der Waals surface area contributed by atoms with Gasteiger partial charge in [0.1, 0.15) is 34.3 Å². The van der Waals surface area contributed by atoms with Gasteiger partial charge in [0.15, 0.2) is 0 Å². The highest BCUT2D eigenvalue weighted by atomic mass is 79.9. The number of aromatic nitrogens is 3. The number of pyridine rings is 1. The van der Waals surface area contributed by atoms with E-state index in [1.165, 1.54) is 10.6 Å². The Morgan fingerprint density at radius 2 is 1.80 bits per heavy atom. The minimum atomic E-state index is -5.08. The number of halogens is 6. The lowest BCUT2D eigenvalue weighted by molar-refractivity contribution is -0.192. The number of aliphatic carboxylic acids is 1. The Morgan fingerprint density at radius 3 is 2.31 bits per heavy atom. The average molecular weight is 565 g/mol. The van der Waals surface area contributed by atoms with Crippen LogP contribution >= 0.6 is 15.9 Å². The summed E-state index contributed by atoms with van der Waals surface area (Å²) < 4.78 is 65.8. The Hall–Kier alpha value is -3.39. The molecule has 0 atom stereocenters. The summed E-state index contributed by atoms with van der Waals surface area (Å²) in [5.41, 5.74) is 6.75. The van der Waals surface area contributed by atoms with Crippen molar-refractivity contribution in [3.63, 3.8) is 0 Å². The number of ether oxygens (including phenoxy) is 1. The second-order valence-corrected chi connectivity index (χ2v) is 7.69. The summed E-state index contributed by atoms with van der Waals surface area (Å²) in [7, 11) is 0. The molecule has 0 aliphatic rings. The van der Waals surface area contributed by atoms with Crippen LogP contribution in [0.1, 0.15) is 22.6 Å². The highest BCUT2D eigenvalue weighted by Crippen LogP contribution is 2.24. The molecule has 14 heteroatoms. The number of carboxylic acids is 1. The van der Waals surface area contributed by atoms with Gasteiger partial charge in [0, 0.05) is 41.3 Å². The zero-order valence-corrected chi connectivity index (χ0v) is 19.5. The number of hydrogen-bond donors (Lipinski definition) is 2. The van der Waals surface area contributed by atoms with E-state index in [-0.39, 0.29) is 41.0 Å². The van der Waals surface area contributed by atoms with Crippen LogP contribution in [0.3, 0.4) is 0 Å². The van der Waals surface area contributed by atoms with Gasteiger partial charge in [-0.1, -0.05) is 0 Å². The number of alkyl halides is 3. The van der Waals surface area contributed by atoms with Crippen molar-refractivity contribution in [2.75, 3.05) is 0 Å². The summed E-state index contributed by atoms with van der Waals surface area (Å²) in [4.78, 5) is 29.8. The second-order valence-electron chi connectivity index (χ2n) is 6.89. The molecule has 2 heterocycles. The van der Waals surface area contributed by atoms with Crippen LogP contribution in [0.25, 0.3) is 0 Å². The van der Waals surface area contributed by atoms with Gasteiger partial charge in [-0.15, -0.1) is 0 Å². The Bertz CT molecular complexity index is 1250. The minimum absolute atomic E-state index is 0.137. The lowest BCUT2D eigenvalue weighted by Gasteiger charge is -2.15. The molecule has 3 aromatic rings. The molecule has 2 aromatic heterocycles. The van der Waals surface area contributed by atoms with Gasteiger partial charge in [-0.3, -0.25) is 4.79 Å². The van der Waals surface area contributed by atoms with Gasteiger partial charge in [0.2, 0.25) is 0 Å². The predicted molar refractivity (Wildman–Crippen MR) is 117 cm³/mol. The maximum Gasteiger partial charge on any atom is 0.490 e. The average Bonchev–Trinajstić information content (AvgIpc) is 2.79. The molecule has 0 fully saturated rings. The third kappa shape index (κ3) is 7.82. The van der Waals surface area contributed by atoms with Crippen molar-refractivity contribution in [3.05, 3.63) is 85.8 Å². The molecular formula is C21H18BrF5N4O4. The minimum Gasteiger partial charge on any atom is -0.487 e. The molecule has 0 aliphatic carbocycles. The summed E-state index contributed by atoms with van der Waals surface area (Å²) in [6.07, 6.45) is -1.84.